The topological polar surface area (TPSA) is 90.4 Å². The molecule has 0 saturated carbocycles. The summed E-state index contributed by atoms with van der Waals surface area (Å²) in [5.41, 5.74) is 3.53. The first-order chi connectivity index (χ1) is 19.0. The fourth-order valence-electron chi connectivity index (χ4n) is 5.12. The van der Waals surface area contributed by atoms with E-state index in [2.05, 4.69) is 20.6 Å². The van der Waals surface area contributed by atoms with Crippen molar-refractivity contribution in [2.75, 3.05) is 22.1 Å². The van der Waals surface area contributed by atoms with Crippen molar-refractivity contribution in [1.29, 1.82) is 0 Å². The Kier molecular flexibility index (Phi) is 6.23. The smallest absolute Gasteiger partial charge is 0.325 e. The average molecular weight is 578 g/mol. The number of hydrogen-bond acceptors (Lipinski definition) is 7. The van der Waals surface area contributed by atoms with E-state index in [1.165, 1.54) is 34.8 Å². The average Bonchev–Trinajstić information content (AvgIpc) is 3.52. The minimum absolute atomic E-state index is 0.187. The Morgan fingerprint density at radius 1 is 1.05 bits per heavy atom. The molecule has 3 heterocycles. The molecule has 3 aromatic carbocycles. The van der Waals surface area contributed by atoms with E-state index in [0.29, 0.717) is 55.1 Å². The number of phenols is 1. The molecule has 3 N–H and O–H groups in total. The molecule has 1 aliphatic rings. The number of benzene rings is 3. The summed E-state index contributed by atoms with van der Waals surface area (Å²) < 4.78 is 29.7. The molecule has 204 valence electrons. The van der Waals surface area contributed by atoms with Crippen molar-refractivity contribution in [3.63, 3.8) is 0 Å². The van der Waals surface area contributed by atoms with Crippen LogP contribution in [-0.2, 0) is 5.41 Å². The van der Waals surface area contributed by atoms with E-state index in [9.17, 15) is 14.3 Å². The summed E-state index contributed by atoms with van der Waals surface area (Å²) >= 11 is 2.59. The van der Waals surface area contributed by atoms with E-state index in [4.69, 9.17) is 0 Å². The maximum Gasteiger partial charge on any atom is 0.325 e. The van der Waals surface area contributed by atoms with Crippen LogP contribution in [0.4, 0.5) is 35.8 Å². The van der Waals surface area contributed by atoms with Gasteiger partial charge in [-0.3, -0.25) is 5.32 Å². The van der Waals surface area contributed by atoms with Crippen LogP contribution in [0.5, 0.6) is 5.75 Å². The second kappa shape index (κ2) is 9.53. The Labute approximate surface area is 237 Å². The number of aryl methyl sites for hydroxylation is 2. The van der Waals surface area contributed by atoms with Gasteiger partial charge in [0.25, 0.3) is 0 Å². The van der Waals surface area contributed by atoms with Crippen LogP contribution < -0.4 is 15.5 Å². The second-order valence-electron chi connectivity index (χ2n) is 10.3. The van der Waals surface area contributed by atoms with Gasteiger partial charge < -0.3 is 15.3 Å². The lowest BCUT2D eigenvalue weighted by molar-refractivity contribution is 0.262. The first-order valence-electron chi connectivity index (χ1n) is 12.5. The van der Waals surface area contributed by atoms with Gasteiger partial charge in [-0.2, -0.15) is 0 Å². The van der Waals surface area contributed by atoms with E-state index >= 15 is 4.39 Å². The highest BCUT2D eigenvalue weighted by molar-refractivity contribution is 7.22. The van der Waals surface area contributed by atoms with Crippen LogP contribution in [0.3, 0.4) is 0 Å². The van der Waals surface area contributed by atoms with Gasteiger partial charge in [-0.05, 0) is 44.2 Å². The lowest BCUT2D eigenvalue weighted by Gasteiger charge is -2.25. The van der Waals surface area contributed by atoms with Crippen molar-refractivity contribution in [1.82, 2.24) is 9.97 Å². The molecule has 40 heavy (non-hydrogen) atoms. The zero-order valence-electron chi connectivity index (χ0n) is 22.1. The Balaban J connectivity index is 1.37. The summed E-state index contributed by atoms with van der Waals surface area (Å²) in [6.45, 7) is 8.27. The number of thiazole rings is 2. The molecule has 0 unspecified atom stereocenters. The molecule has 2 amide bonds. The van der Waals surface area contributed by atoms with Crippen LogP contribution in [0, 0.1) is 25.5 Å². The van der Waals surface area contributed by atoms with Crippen LogP contribution in [-0.4, -0.2) is 27.7 Å². The molecule has 0 atom stereocenters. The zero-order valence-corrected chi connectivity index (χ0v) is 23.7. The molecule has 7 nitrogen and oxygen atoms in total. The maximum atomic E-state index is 15.5. The predicted molar refractivity (Wildman–Crippen MR) is 157 cm³/mol. The highest BCUT2D eigenvalue weighted by Crippen LogP contribution is 2.55. The molecule has 1 aliphatic heterocycles. The van der Waals surface area contributed by atoms with Gasteiger partial charge in [-0.15, -0.1) is 11.3 Å². The minimum atomic E-state index is -0.552. The van der Waals surface area contributed by atoms with E-state index in [1.54, 1.807) is 18.2 Å². The fraction of sp³-hybridized carbons (Fsp3) is 0.207. The third-order valence-electron chi connectivity index (χ3n) is 6.99. The molecule has 0 spiro atoms. The number of amides is 2. The molecule has 11 heteroatoms. The summed E-state index contributed by atoms with van der Waals surface area (Å²) in [5.74, 6) is -1.09. The molecule has 6 rings (SSSR count). The van der Waals surface area contributed by atoms with Crippen LogP contribution in [0.15, 0.2) is 48.5 Å². The van der Waals surface area contributed by atoms with Crippen molar-refractivity contribution in [3.8, 4) is 16.3 Å². The van der Waals surface area contributed by atoms with Crippen LogP contribution in [0.25, 0.3) is 20.8 Å². The van der Waals surface area contributed by atoms with Gasteiger partial charge in [-0.25, -0.2) is 23.5 Å². The molecule has 0 radical (unpaired) electrons. The van der Waals surface area contributed by atoms with Crippen LogP contribution in [0.2, 0.25) is 0 Å². The number of carbonyl (C=O) groups excluding carboxylic acids is 1. The quantitative estimate of drug-likeness (QED) is 0.201. The number of phenolic OH excluding ortho intramolecular Hbond substituents is 1. The first-order valence-corrected chi connectivity index (χ1v) is 14.2. The summed E-state index contributed by atoms with van der Waals surface area (Å²) in [5, 5.41) is 17.5. The van der Waals surface area contributed by atoms with Crippen molar-refractivity contribution < 1.29 is 18.7 Å². The standard InChI is InChI=1S/C29H25F2N5O2S2/c1-14-15(2)39-26(32-14)23-17(31)12-21(37)25-24(23)29(3,4)13-36(25)20-8-6-5-7-18(20)33-27(38)35-28-34-19-10-9-16(30)11-22(19)40-28/h5-12,37H,13H2,1-4H3,(H2,33,34,35,38). The monoisotopic (exact) mass is 577 g/mol. The molecule has 0 saturated heterocycles. The van der Waals surface area contributed by atoms with Crippen LogP contribution in [0.1, 0.15) is 30.0 Å². The number of aromatic nitrogens is 2. The van der Waals surface area contributed by atoms with Gasteiger partial charge in [0.05, 0.1) is 38.5 Å². The predicted octanol–water partition coefficient (Wildman–Crippen LogP) is 8.09. The number of hydrogen-bond donors (Lipinski definition) is 3. The number of urea groups is 1. The van der Waals surface area contributed by atoms with Gasteiger partial charge in [0.2, 0.25) is 0 Å². The van der Waals surface area contributed by atoms with Crippen molar-refractivity contribution in [2.24, 2.45) is 0 Å². The number of anilines is 4. The first kappa shape index (κ1) is 26.1. The summed E-state index contributed by atoms with van der Waals surface area (Å²) in [6, 6.07) is 12.1. The maximum absolute atomic E-state index is 15.5. The highest BCUT2D eigenvalue weighted by atomic mass is 32.1. The Hall–Kier alpha value is -4.09. The molecular formula is C29H25F2N5O2S2. The summed E-state index contributed by atoms with van der Waals surface area (Å²) in [4.78, 5) is 24.9. The van der Waals surface area contributed by atoms with E-state index in [-0.39, 0.29) is 11.6 Å². The number of carbonyl (C=O) groups is 1. The van der Waals surface area contributed by atoms with Crippen molar-refractivity contribution in [2.45, 2.75) is 33.1 Å². The van der Waals surface area contributed by atoms with Crippen molar-refractivity contribution >= 4 is 61.1 Å². The lowest BCUT2D eigenvalue weighted by Crippen LogP contribution is -2.27. The Bertz CT molecular complexity index is 1790. The van der Waals surface area contributed by atoms with Gasteiger partial charge in [-0.1, -0.05) is 37.3 Å². The number of para-hydroxylation sites is 2. The van der Waals surface area contributed by atoms with Gasteiger partial charge in [0, 0.05) is 28.5 Å². The van der Waals surface area contributed by atoms with Crippen LogP contribution >= 0.6 is 22.7 Å². The fourth-order valence-corrected chi connectivity index (χ4v) is 6.98. The number of fused-ring (bicyclic) bond motifs is 2. The number of nitrogens with one attached hydrogen (secondary N) is 2. The van der Waals surface area contributed by atoms with Crippen molar-refractivity contribution in [3.05, 3.63) is 76.3 Å². The van der Waals surface area contributed by atoms with Gasteiger partial charge >= 0.3 is 6.03 Å². The lowest BCUT2D eigenvalue weighted by atomic mass is 9.83. The molecular weight excluding hydrogens is 552 g/mol. The highest BCUT2D eigenvalue weighted by Gasteiger charge is 2.42. The van der Waals surface area contributed by atoms with Gasteiger partial charge in [0.1, 0.15) is 22.4 Å². The van der Waals surface area contributed by atoms with E-state index in [1.807, 2.05) is 44.7 Å². The SMILES string of the molecule is Cc1nc(-c2c(F)cc(O)c3c2C(C)(C)CN3c2ccccc2NC(=O)Nc2nc3ccc(F)cc3s2)sc1C. The number of nitrogens with zero attached hydrogens (tertiary/aromatic N) is 3. The van der Waals surface area contributed by atoms with E-state index < -0.39 is 17.3 Å². The van der Waals surface area contributed by atoms with E-state index in [0.717, 1.165) is 16.6 Å². The molecule has 0 fully saturated rings. The minimum Gasteiger partial charge on any atom is -0.506 e. The molecule has 2 aromatic heterocycles. The molecule has 0 bridgehead atoms. The zero-order chi connectivity index (χ0) is 28.3. The second-order valence-corrected chi connectivity index (χ2v) is 12.6. The normalized spacial score (nSPS) is 14.0. The molecule has 5 aromatic rings. The number of aromatic hydroxyl groups is 1. The Morgan fingerprint density at radius 2 is 1.82 bits per heavy atom. The third-order valence-corrected chi connectivity index (χ3v) is 9.01. The largest absolute Gasteiger partial charge is 0.506 e. The summed E-state index contributed by atoms with van der Waals surface area (Å²) in [7, 11) is 0. The number of rotatable bonds is 4. The molecule has 0 aliphatic carbocycles. The van der Waals surface area contributed by atoms with Gasteiger partial charge in [0.15, 0.2) is 5.13 Å². The summed E-state index contributed by atoms with van der Waals surface area (Å²) in [6.07, 6.45) is 0. The third kappa shape index (κ3) is 4.44. The number of halogens is 2. The Morgan fingerprint density at radius 3 is 2.58 bits per heavy atom.